The van der Waals surface area contributed by atoms with Crippen LogP contribution in [0.25, 0.3) is 0 Å². The number of unbranched alkanes of at least 4 members (excludes halogenated alkanes) is 1. The molecule has 0 radical (unpaired) electrons. The summed E-state index contributed by atoms with van der Waals surface area (Å²) in [5.74, 6) is -0.602. The fourth-order valence-corrected chi connectivity index (χ4v) is 3.32. The molecular weight excluding hydrogens is 463 g/mol. The van der Waals surface area contributed by atoms with Crippen molar-refractivity contribution in [2.75, 3.05) is 6.54 Å². The van der Waals surface area contributed by atoms with Gasteiger partial charge in [-0.2, -0.15) is 13.2 Å². The summed E-state index contributed by atoms with van der Waals surface area (Å²) in [6.07, 6.45) is -3.56. The Bertz CT molecular complexity index is 1030. The van der Waals surface area contributed by atoms with Crippen molar-refractivity contribution in [1.29, 1.82) is 0 Å². The first kappa shape index (κ1) is 24.5. The lowest BCUT2D eigenvalue weighted by Crippen LogP contribution is -2.42. The number of Topliss-reactive ketones (excluding diaryl/α,β-unsaturated/α-hetero) is 1. The predicted octanol–water partition coefficient (Wildman–Crippen LogP) is 3.69. The zero-order valence-corrected chi connectivity index (χ0v) is 18.1. The standard InChI is InChI=1S/C22H21ClF3N3O4/c23-14-5-7-18-16(9-14)17(30)10-19(33-18)21(32)27-8-2-1-3-20(31)29-12-15-6-4-13(11-28-15)22(24,25)26/h4-7,9,11,19H,1-3,8,10,12H2,(H,27,32)(H,29,31)/t19-/m1/s1. The second-order valence-corrected chi connectivity index (χ2v) is 7.87. The first-order valence-electron chi connectivity index (χ1n) is 10.2. The molecule has 1 aromatic heterocycles. The Balaban J connectivity index is 1.32. The van der Waals surface area contributed by atoms with Gasteiger partial charge in [-0.3, -0.25) is 19.4 Å². The maximum absolute atomic E-state index is 12.5. The van der Waals surface area contributed by atoms with Crippen molar-refractivity contribution < 1.29 is 32.3 Å². The van der Waals surface area contributed by atoms with Crippen molar-refractivity contribution in [3.8, 4) is 5.75 Å². The van der Waals surface area contributed by atoms with Crippen LogP contribution in [0.5, 0.6) is 5.75 Å². The summed E-state index contributed by atoms with van der Waals surface area (Å²) < 4.78 is 43.1. The van der Waals surface area contributed by atoms with E-state index in [4.69, 9.17) is 16.3 Å². The van der Waals surface area contributed by atoms with E-state index in [1.54, 1.807) is 12.1 Å². The van der Waals surface area contributed by atoms with Crippen LogP contribution < -0.4 is 15.4 Å². The largest absolute Gasteiger partial charge is 0.479 e. The van der Waals surface area contributed by atoms with E-state index in [9.17, 15) is 27.6 Å². The average molecular weight is 484 g/mol. The predicted molar refractivity (Wildman–Crippen MR) is 113 cm³/mol. The monoisotopic (exact) mass is 483 g/mol. The molecule has 176 valence electrons. The SMILES string of the molecule is O=C(CCCCNC(=O)[C@H]1CC(=O)c2cc(Cl)ccc2O1)NCc1ccc(C(F)(F)F)cn1. The minimum atomic E-state index is -4.46. The van der Waals surface area contributed by atoms with Crippen molar-refractivity contribution in [3.63, 3.8) is 0 Å². The number of hydrogen-bond acceptors (Lipinski definition) is 5. The van der Waals surface area contributed by atoms with Crippen molar-refractivity contribution in [2.45, 2.75) is 44.5 Å². The summed E-state index contributed by atoms with van der Waals surface area (Å²) in [5, 5.41) is 5.69. The van der Waals surface area contributed by atoms with Crippen LogP contribution in [0.2, 0.25) is 5.02 Å². The number of carbonyl (C=O) groups excluding carboxylic acids is 3. The molecule has 0 unspecified atom stereocenters. The van der Waals surface area contributed by atoms with E-state index in [0.29, 0.717) is 41.4 Å². The third-order valence-electron chi connectivity index (χ3n) is 4.92. The summed E-state index contributed by atoms with van der Waals surface area (Å²) in [6.45, 7) is 0.321. The highest BCUT2D eigenvalue weighted by molar-refractivity contribution is 6.31. The molecule has 1 aliphatic heterocycles. The highest BCUT2D eigenvalue weighted by atomic mass is 35.5. The molecule has 2 heterocycles. The van der Waals surface area contributed by atoms with Crippen LogP contribution in [-0.2, 0) is 22.3 Å². The Morgan fingerprint density at radius 2 is 1.94 bits per heavy atom. The number of benzene rings is 1. The number of pyridine rings is 1. The molecule has 0 saturated heterocycles. The van der Waals surface area contributed by atoms with Crippen LogP contribution in [-0.4, -0.2) is 35.2 Å². The van der Waals surface area contributed by atoms with E-state index >= 15 is 0 Å². The number of fused-ring (bicyclic) bond motifs is 1. The number of halogens is 4. The van der Waals surface area contributed by atoms with Gasteiger partial charge in [0.05, 0.1) is 29.8 Å². The van der Waals surface area contributed by atoms with Gasteiger partial charge in [0.25, 0.3) is 5.91 Å². The molecule has 3 rings (SSSR count). The molecular formula is C22H21ClF3N3O4. The number of rotatable bonds is 8. The maximum atomic E-state index is 12.5. The molecule has 1 aromatic carbocycles. The van der Waals surface area contributed by atoms with Crippen LogP contribution in [0.1, 0.15) is 47.3 Å². The van der Waals surface area contributed by atoms with Gasteiger partial charge in [0, 0.05) is 24.2 Å². The number of ketones is 1. The number of amides is 2. The van der Waals surface area contributed by atoms with Gasteiger partial charge in [-0.15, -0.1) is 0 Å². The fourth-order valence-electron chi connectivity index (χ4n) is 3.15. The molecule has 2 amide bonds. The van der Waals surface area contributed by atoms with E-state index in [0.717, 1.165) is 12.3 Å². The number of nitrogens with one attached hydrogen (secondary N) is 2. The molecule has 1 aliphatic rings. The number of carbonyl (C=O) groups is 3. The normalized spacial score (nSPS) is 15.4. The van der Waals surface area contributed by atoms with E-state index in [1.165, 1.54) is 12.1 Å². The number of alkyl halides is 3. The zero-order chi connectivity index (χ0) is 24.0. The number of aromatic nitrogens is 1. The Kier molecular flexibility index (Phi) is 7.91. The lowest BCUT2D eigenvalue weighted by Gasteiger charge is -2.24. The lowest BCUT2D eigenvalue weighted by atomic mass is 10.0. The van der Waals surface area contributed by atoms with Crippen LogP contribution >= 0.6 is 11.6 Å². The fraction of sp³-hybridized carbons (Fsp3) is 0.364. The van der Waals surface area contributed by atoms with Gasteiger partial charge in [-0.25, -0.2) is 0 Å². The van der Waals surface area contributed by atoms with Crippen LogP contribution in [0.15, 0.2) is 36.5 Å². The van der Waals surface area contributed by atoms with Crippen LogP contribution in [0, 0.1) is 0 Å². The lowest BCUT2D eigenvalue weighted by molar-refractivity contribution is -0.138. The molecule has 0 bridgehead atoms. The summed E-state index contributed by atoms with van der Waals surface area (Å²) in [7, 11) is 0. The second-order valence-electron chi connectivity index (χ2n) is 7.44. The number of nitrogens with zero attached hydrogens (tertiary/aromatic N) is 1. The van der Waals surface area contributed by atoms with Gasteiger partial charge >= 0.3 is 6.18 Å². The minimum Gasteiger partial charge on any atom is -0.479 e. The van der Waals surface area contributed by atoms with Crippen molar-refractivity contribution in [3.05, 3.63) is 58.4 Å². The smallest absolute Gasteiger partial charge is 0.417 e. The minimum absolute atomic E-state index is 0.0213. The van der Waals surface area contributed by atoms with Gasteiger partial charge in [0.1, 0.15) is 5.75 Å². The maximum Gasteiger partial charge on any atom is 0.417 e. The Hall–Kier alpha value is -3.14. The Morgan fingerprint density at radius 3 is 2.64 bits per heavy atom. The van der Waals surface area contributed by atoms with E-state index in [-0.39, 0.29) is 31.1 Å². The molecule has 7 nitrogen and oxygen atoms in total. The Labute approximate surface area is 192 Å². The summed E-state index contributed by atoms with van der Waals surface area (Å²) >= 11 is 5.88. The van der Waals surface area contributed by atoms with Crippen LogP contribution in [0.4, 0.5) is 13.2 Å². The number of hydrogen-bond donors (Lipinski definition) is 2. The summed E-state index contributed by atoms with van der Waals surface area (Å²) in [6, 6.07) is 6.75. The van der Waals surface area contributed by atoms with Gasteiger partial charge < -0.3 is 15.4 Å². The zero-order valence-electron chi connectivity index (χ0n) is 17.4. The van der Waals surface area contributed by atoms with E-state index in [1.807, 2.05) is 0 Å². The van der Waals surface area contributed by atoms with Crippen molar-refractivity contribution in [2.24, 2.45) is 0 Å². The van der Waals surface area contributed by atoms with E-state index < -0.39 is 23.8 Å². The molecule has 33 heavy (non-hydrogen) atoms. The summed E-state index contributed by atoms with van der Waals surface area (Å²) in [5.41, 5.74) is -0.185. The molecule has 0 fully saturated rings. The van der Waals surface area contributed by atoms with Gasteiger partial charge in [0.2, 0.25) is 5.91 Å². The molecule has 0 saturated carbocycles. The van der Waals surface area contributed by atoms with Gasteiger partial charge in [-0.05, 0) is 43.2 Å². The highest BCUT2D eigenvalue weighted by Crippen LogP contribution is 2.30. The van der Waals surface area contributed by atoms with Crippen molar-refractivity contribution >= 4 is 29.2 Å². The average Bonchev–Trinajstić information content (AvgIpc) is 2.77. The quantitative estimate of drug-likeness (QED) is 0.558. The molecule has 0 spiro atoms. The number of ether oxygens (including phenoxy) is 1. The summed E-state index contributed by atoms with van der Waals surface area (Å²) in [4.78, 5) is 40.1. The Morgan fingerprint density at radius 1 is 1.15 bits per heavy atom. The first-order valence-corrected chi connectivity index (χ1v) is 10.6. The van der Waals surface area contributed by atoms with Gasteiger partial charge in [0.15, 0.2) is 11.9 Å². The third kappa shape index (κ3) is 6.92. The molecule has 11 heteroatoms. The highest BCUT2D eigenvalue weighted by Gasteiger charge is 2.32. The van der Waals surface area contributed by atoms with Crippen molar-refractivity contribution in [1.82, 2.24) is 15.6 Å². The molecule has 0 aliphatic carbocycles. The molecule has 1 atom stereocenters. The molecule has 2 aromatic rings. The van der Waals surface area contributed by atoms with E-state index in [2.05, 4.69) is 15.6 Å². The first-order chi connectivity index (χ1) is 15.6. The topological polar surface area (TPSA) is 97.4 Å². The van der Waals surface area contributed by atoms with Gasteiger partial charge in [-0.1, -0.05) is 11.6 Å². The van der Waals surface area contributed by atoms with Crippen LogP contribution in [0.3, 0.4) is 0 Å². The third-order valence-corrected chi connectivity index (χ3v) is 5.16. The molecule has 2 N–H and O–H groups in total. The second kappa shape index (κ2) is 10.7.